The minimum absolute atomic E-state index is 0.0188. The molecule has 19 heavy (non-hydrogen) atoms. The minimum Gasteiger partial charge on any atom is -0.396 e. The number of thiazole rings is 1. The van der Waals surface area contributed by atoms with Crippen LogP contribution in [0.15, 0.2) is 0 Å². The van der Waals surface area contributed by atoms with Crippen LogP contribution in [0.5, 0.6) is 0 Å². The van der Waals surface area contributed by atoms with Crippen molar-refractivity contribution in [3.8, 4) is 0 Å². The summed E-state index contributed by atoms with van der Waals surface area (Å²) in [5, 5.41) is 10.6. The Bertz CT molecular complexity index is 445. The molecule has 1 N–H and O–H groups in total. The zero-order valence-electron chi connectivity index (χ0n) is 12.8. The number of nitrogens with zero attached hydrogens (tertiary/aromatic N) is 2. The van der Waals surface area contributed by atoms with Crippen molar-refractivity contribution >= 4 is 11.3 Å². The van der Waals surface area contributed by atoms with Crippen LogP contribution in [0, 0.1) is 5.41 Å². The van der Waals surface area contributed by atoms with Crippen molar-refractivity contribution in [2.45, 2.75) is 53.0 Å². The van der Waals surface area contributed by atoms with Gasteiger partial charge in [-0.1, -0.05) is 34.6 Å². The molecule has 2 rings (SSSR count). The molecule has 0 atom stereocenters. The van der Waals surface area contributed by atoms with Crippen LogP contribution < -0.4 is 0 Å². The minimum atomic E-state index is -0.0188. The third kappa shape index (κ3) is 3.56. The normalized spacial score (nSPS) is 17.6. The molecule has 1 aliphatic rings. The Morgan fingerprint density at radius 2 is 1.95 bits per heavy atom. The molecule has 0 saturated carbocycles. The molecule has 4 heteroatoms. The second-order valence-corrected chi connectivity index (χ2v) is 8.51. The molecule has 0 aliphatic carbocycles. The lowest BCUT2D eigenvalue weighted by atomic mass is 9.93. The Morgan fingerprint density at radius 1 is 1.26 bits per heavy atom. The van der Waals surface area contributed by atoms with E-state index in [9.17, 15) is 5.11 Å². The van der Waals surface area contributed by atoms with Crippen molar-refractivity contribution in [3.05, 3.63) is 15.6 Å². The molecular formula is C15H26N2OS. The molecule has 1 aromatic heterocycles. The molecule has 0 unspecified atom stereocenters. The second-order valence-electron chi connectivity index (χ2n) is 7.42. The molecule has 0 bridgehead atoms. The van der Waals surface area contributed by atoms with Crippen molar-refractivity contribution in [1.82, 2.24) is 9.88 Å². The van der Waals surface area contributed by atoms with Crippen LogP contribution in [0.25, 0.3) is 0 Å². The van der Waals surface area contributed by atoms with Gasteiger partial charge in [0, 0.05) is 48.4 Å². The number of fused-ring (bicyclic) bond motifs is 1. The highest BCUT2D eigenvalue weighted by atomic mass is 32.1. The Morgan fingerprint density at radius 3 is 2.53 bits per heavy atom. The largest absolute Gasteiger partial charge is 0.396 e. The van der Waals surface area contributed by atoms with E-state index in [0.717, 1.165) is 26.1 Å². The summed E-state index contributed by atoms with van der Waals surface area (Å²) in [6.45, 7) is 14.2. The molecular weight excluding hydrogens is 256 g/mol. The summed E-state index contributed by atoms with van der Waals surface area (Å²) >= 11 is 1.86. The van der Waals surface area contributed by atoms with Crippen LogP contribution in [-0.4, -0.2) is 34.7 Å². The highest BCUT2D eigenvalue weighted by Crippen LogP contribution is 2.33. The van der Waals surface area contributed by atoms with Crippen LogP contribution >= 0.6 is 11.3 Å². The van der Waals surface area contributed by atoms with Gasteiger partial charge in [0.1, 0.15) is 0 Å². The predicted molar refractivity (Wildman–Crippen MR) is 80.7 cm³/mol. The highest BCUT2D eigenvalue weighted by Gasteiger charge is 2.28. The maximum atomic E-state index is 9.39. The van der Waals surface area contributed by atoms with E-state index in [1.165, 1.54) is 15.6 Å². The zero-order valence-corrected chi connectivity index (χ0v) is 13.6. The number of rotatable bonds is 3. The third-order valence-corrected chi connectivity index (χ3v) is 5.04. The number of aliphatic hydroxyl groups is 1. The summed E-state index contributed by atoms with van der Waals surface area (Å²) in [7, 11) is 0. The van der Waals surface area contributed by atoms with Crippen molar-refractivity contribution in [3.63, 3.8) is 0 Å². The third-order valence-electron chi connectivity index (χ3n) is 3.53. The molecule has 0 saturated heterocycles. The fourth-order valence-electron chi connectivity index (χ4n) is 2.36. The van der Waals surface area contributed by atoms with Gasteiger partial charge < -0.3 is 5.11 Å². The lowest BCUT2D eigenvalue weighted by Gasteiger charge is -2.33. The molecule has 0 amide bonds. The summed E-state index contributed by atoms with van der Waals surface area (Å²) in [4.78, 5) is 8.68. The van der Waals surface area contributed by atoms with Crippen LogP contribution in [0.3, 0.4) is 0 Å². The van der Waals surface area contributed by atoms with Gasteiger partial charge in [-0.25, -0.2) is 4.98 Å². The summed E-state index contributed by atoms with van der Waals surface area (Å²) in [6, 6.07) is 0. The molecule has 2 heterocycles. The number of hydrogen-bond donors (Lipinski definition) is 1. The van der Waals surface area contributed by atoms with Crippen molar-refractivity contribution in [1.29, 1.82) is 0 Å². The van der Waals surface area contributed by atoms with Crippen LogP contribution in [0.1, 0.15) is 50.2 Å². The number of aromatic nitrogens is 1. The van der Waals surface area contributed by atoms with Gasteiger partial charge in [-0.3, -0.25) is 4.90 Å². The van der Waals surface area contributed by atoms with E-state index in [-0.39, 0.29) is 17.4 Å². The van der Waals surface area contributed by atoms with Gasteiger partial charge in [-0.05, 0) is 0 Å². The van der Waals surface area contributed by atoms with Crippen LogP contribution in [-0.2, 0) is 18.4 Å². The molecule has 3 nitrogen and oxygen atoms in total. The Balaban J connectivity index is 2.10. The van der Waals surface area contributed by atoms with E-state index in [1.54, 1.807) is 0 Å². The fraction of sp³-hybridized carbons (Fsp3) is 0.800. The van der Waals surface area contributed by atoms with Crippen molar-refractivity contribution in [2.75, 3.05) is 19.7 Å². The Hall–Kier alpha value is -0.450. The molecule has 0 spiro atoms. The van der Waals surface area contributed by atoms with Crippen LogP contribution in [0.2, 0.25) is 0 Å². The van der Waals surface area contributed by atoms with Gasteiger partial charge in [0.25, 0.3) is 0 Å². The second kappa shape index (κ2) is 5.15. The van der Waals surface area contributed by atoms with E-state index in [1.807, 2.05) is 11.3 Å². The van der Waals surface area contributed by atoms with Gasteiger partial charge in [-0.2, -0.15) is 0 Å². The topological polar surface area (TPSA) is 36.4 Å². The van der Waals surface area contributed by atoms with Crippen LogP contribution in [0.4, 0.5) is 0 Å². The summed E-state index contributed by atoms with van der Waals surface area (Å²) in [6.07, 6.45) is 1.05. The molecule has 0 fully saturated rings. The first-order valence-corrected chi connectivity index (χ1v) is 7.85. The van der Waals surface area contributed by atoms with Crippen molar-refractivity contribution in [2.24, 2.45) is 5.41 Å². The van der Waals surface area contributed by atoms with Gasteiger partial charge in [0.15, 0.2) is 0 Å². The molecule has 0 aromatic carbocycles. The highest BCUT2D eigenvalue weighted by molar-refractivity contribution is 7.11. The predicted octanol–water partition coefficient (Wildman–Crippen LogP) is 2.82. The molecule has 1 aliphatic heterocycles. The van der Waals surface area contributed by atoms with E-state index >= 15 is 0 Å². The van der Waals surface area contributed by atoms with Gasteiger partial charge in [-0.15, -0.1) is 11.3 Å². The average molecular weight is 282 g/mol. The smallest absolute Gasteiger partial charge is 0.0985 e. The van der Waals surface area contributed by atoms with E-state index in [0.29, 0.717) is 0 Å². The first kappa shape index (κ1) is 14.9. The fourth-order valence-corrected chi connectivity index (χ4v) is 3.57. The lowest BCUT2D eigenvalue weighted by Crippen LogP contribution is -2.39. The zero-order chi connectivity index (χ0) is 14.3. The molecule has 108 valence electrons. The summed E-state index contributed by atoms with van der Waals surface area (Å²) in [5.41, 5.74) is 1.43. The van der Waals surface area contributed by atoms with E-state index in [2.05, 4.69) is 39.5 Å². The lowest BCUT2D eigenvalue weighted by molar-refractivity contribution is 0.0966. The van der Waals surface area contributed by atoms with Gasteiger partial charge in [0.05, 0.1) is 10.7 Å². The first-order valence-electron chi connectivity index (χ1n) is 7.03. The monoisotopic (exact) mass is 282 g/mol. The Kier molecular flexibility index (Phi) is 4.05. The van der Waals surface area contributed by atoms with E-state index in [4.69, 9.17) is 4.98 Å². The SMILES string of the molecule is CC(C)(CO)CN1CCc2nc(C(C)(C)C)sc2C1. The number of aliphatic hydroxyl groups excluding tert-OH is 1. The van der Waals surface area contributed by atoms with Gasteiger partial charge in [0.2, 0.25) is 0 Å². The maximum absolute atomic E-state index is 9.39. The molecule has 0 radical (unpaired) electrons. The van der Waals surface area contributed by atoms with E-state index < -0.39 is 0 Å². The average Bonchev–Trinajstić information content (AvgIpc) is 2.71. The summed E-state index contributed by atoms with van der Waals surface area (Å²) in [5.74, 6) is 0. The standard InChI is InChI=1S/C15H26N2OS/c1-14(2,3)13-16-11-6-7-17(8-12(11)19-13)9-15(4,5)10-18/h18H,6-10H2,1-5H3. The van der Waals surface area contributed by atoms with Gasteiger partial charge >= 0.3 is 0 Å². The number of hydrogen-bond acceptors (Lipinski definition) is 4. The Labute approximate surface area is 120 Å². The maximum Gasteiger partial charge on any atom is 0.0985 e. The van der Waals surface area contributed by atoms with Crippen molar-refractivity contribution < 1.29 is 5.11 Å². The summed E-state index contributed by atoms with van der Waals surface area (Å²) < 4.78 is 0. The molecule has 1 aromatic rings. The first-order chi connectivity index (χ1) is 8.71. The quantitative estimate of drug-likeness (QED) is 0.926.